The van der Waals surface area contributed by atoms with E-state index in [0.29, 0.717) is 16.6 Å². The molecule has 0 atom stereocenters. The quantitative estimate of drug-likeness (QED) is 0.647. The van der Waals surface area contributed by atoms with Gasteiger partial charge in [-0.15, -0.1) is 0 Å². The van der Waals surface area contributed by atoms with Gasteiger partial charge in [0, 0.05) is 18.2 Å². The molecule has 2 aromatic carbocycles. The smallest absolute Gasteiger partial charge is 0.122 e. The average molecular weight is 302 g/mol. The van der Waals surface area contributed by atoms with E-state index in [1.54, 1.807) is 6.07 Å². The lowest BCUT2D eigenvalue weighted by atomic mass is 10.1. The van der Waals surface area contributed by atoms with Crippen LogP contribution in [0.15, 0.2) is 48.5 Å². The second-order valence-electron chi connectivity index (χ2n) is 5.29. The van der Waals surface area contributed by atoms with Crippen molar-refractivity contribution >= 4 is 23.1 Å². The molecule has 0 amide bonds. The Morgan fingerprint density at radius 1 is 1.19 bits per heavy atom. The Bertz CT molecular complexity index is 623. The number of halogens is 1. The predicted molar refractivity (Wildman–Crippen MR) is 90.2 cm³/mol. The number of hydrogen-bond donors (Lipinski definition) is 2. The van der Waals surface area contributed by atoms with Crippen LogP contribution in [0, 0.1) is 5.41 Å². The first kappa shape index (κ1) is 15.4. The summed E-state index contributed by atoms with van der Waals surface area (Å²) in [7, 11) is 0. The maximum absolute atomic E-state index is 7.48. The molecule has 0 aliphatic carbocycles. The van der Waals surface area contributed by atoms with Crippen LogP contribution in [0.4, 0.5) is 5.69 Å². The van der Waals surface area contributed by atoms with Crippen molar-refractivity contribution in [2.45, 2.75) is 26.4 Å². The summed E-state index contributed by atoms with van der Waals surface area (Å²) in [6.07, 6.45) is 0. The van der Waals surface area contributed by atoms with Crippen molar-refractivity contribution in [3.63, 3.8) is 0 Å². The van der Waals surface area contributed by atoms with Gasteiger partial charge in [0.05, 0.1) is 10.7 Å². The van der Waals surface area contributed by atoms with Crippen molar-refractivity contribution in [3.8, 4) is 0 Å². The van der Waals surface area contributed by atoms with E-state index in [9.17, 15) is 0 Å². The second-order valence-corrected chi connectivity index (χ2v) is 5.69. The van der Waals surface area contributed by atoms with E-state index in [2.05, 4.69) is 30.9 Å². The molecular weight excluding hydrogens is 282 g/mol. The van der Waals surface area contributed by atoms with E-state index in [4.69, 9.17) is 22.7 Å². The maximum Gasteiger partial charge on any atom is 0.122 e. The molecule has 0 unspecified atom stereocenters. The fraction of sp³-hybridized carbons (Fsp3) is 0.235. The molecule has 0 aliphatic heterocycles. The number of rotatable bonds is 5. The number of benzene rings is 2. The number of nitrogen functional groups attached to an aromatic ring is 1. The molecule has 0 saturated heterocycles. The zero-order valence-corrected chi connectivity index (χ0v) is 13.1. The summed E-state index contributed by atoms with van der Waals surface area (Å²) >= 11 is 6.38. The Morgan fingerprint density at radius 2 is 1.86 bits per heavy atom. The summed E-state index contributed by atoms with van der Waals surface area (Å²) in [5, 5.41) is 8.10. The third-order valence-corrected chi connectivity index (χ3v) is 3.69. The van der Waals surface area contributed by atoms with Gasteiger partial charge in [0.2, 0.25) is 0 Å². The summed E-state index contributed by atoms with van der Waals surface area (Å²) in [5.74, 6) is 0.0302. The van der Waals surface area contributed by atoms with Crippen LogP contribution >= 0.6 is 11.6 Å². The Balaban J connectivity index is 2.32. The van der Waals surface area contributed by atoms with Crippen molar-refractivity contribution in [2.75, 3.05) is 4.90 Å². The van der Waals surface area contributed by atoms with Crippen LogP contribution in [0.25, 0.3) is 0 Å². The molecule has 3 N–H and O–H groups in total. The van der Waals surface area contributed by atoms with Crippen LogP contribution < -0.4 is 10.6 Å². The van der Waals surface area contributed by atoms with Gasteiger partial charge in [0.25, 0.3) is 0 Å². The van der Waals surface area contributed by atoms with Crippen LogP contribution in [0.5, 0.6) is 0 Å². The van der Waals surface area contributed by atoms with Crippen molar-refractivity contribution in [1.29, 1.82) is 5.41 Å². The van der Waals surface area contributed by atoms with Gasteiger partial charge in [0.15, 0.2) is 0 Å². The zero-order valence-electron chi connectivity index (χ0n) is 12.3. The Hall–Kier alpha value is -2.00. The number of nitrogens with two attached hydrogens (primary N) is 1. The van der Waals surface area contributed by atoms with Crippen molar-refractivity contribution in [3.05, 3.63) is 64.7 Å². The number of anilines is 1. The first-order valence-electron chi connectivity index (χ1n) is 6.93. The van der Waals surface area contributed by atoms with E-state index >= 15 is 0 Å². The highest BCUT2D eigenvalue weighted by Crippen LogP contribution is 2.29. The minimum absolute atomic E-state index is 0.0302. The largest absolute Gasteiger partial charge is 0.384 e. The molecule has 2 aromatic rings. The van der Waals surface area contributed by atoms with Gasteiger partial charge in [-0.1, -0.05) is 41.9 Å². The Morgan fingerprint density at radius 3 is 2.38 bits per heavy atom. The lowest BCUT2D eigenvalue weighted by Crippen LogP contribution is -2.30. The second kappa shape index (κ2) is 6.64. The molecule has 0 radical (unpaired) electrons. The minimum Gasteiger partial charge on any atom is -0.384 e. The molecular formula is C17H20ClN3. The third kappa shape index (κ3) is 3.76. The fourth-order valence-electron chi connectivity index (χ4n) is 2.23. The topological polar surface area (TPSA) is 53.1 Å². The van der Waals surface area contributed by atoms with Gasteiger partial charge in [0.1, 0.15) is 5.84 Å². The van der Waals surface area contributed by atoms with Crippen LogP contribution in [0.3, 0.4) is 0 Å². The molecule has 0 spiro atoms. The number of amidine groups is 1. The highest BCUT2D eigenvalue weighted by Gasteiger charge is 2.15. The standard InChI is InChI=1S/C17H20ClN3/c1-12(2)21(11-13-6-4-3-5-7-13)16-9-8-14(17(19)20)10-15(16)18/h3-10,12H,11H2,1-2H3,(H3,19,20). The molecule has 3 nitrogen and oxygen atoms in total. The summed E-state index contributed by atoms with van der Waals surface area (Å²) < 4.78 is 0. The number of nitrogens with zero attached hydrogens (tertiary/aromatic N) is 1. The van der Waals surface area contributed by atoms with Crippen LogP contribution in [-0.4, -0.2) is 11.9 Å². The SMILES string of the molecule is CC(C)N(Cc1ccccc1)c1ccc(C(=N)N)cc1Cl. The first-order chi connectivity index (χ1) is 9.99. The monoisotopic (exact) mass is 301 g/mol. The van der Waals surface area contributed by atoms with Gasteiger partial charge in [-0.25, -0.2) is 0 Å². The number of hydrogen-bond acceptors (Lipinski definition) is 2. The summed E-state index contributed by atoms with van der Waals surface area (Å²) in [5.41, 5.74) is 8.34. The van der Waals surface area contributed by atoms with E-state index in [0.717, 1.165) is 12.2 Å². The third-order valence-electron chi connectivity index (χ3n) is 3.39. The lowest BCUT2D eigenvalue weighted by molar-refractivity contribution is 0.682. The van der Waals surface area contributed by atoms with E-state index < -0.39 is 0 Å². The van der Waals surface area contributed by atoms with Crippen LogP contribution in [-0.2, 0) is 6.54 Å². The van der Waals surface area contributed by atoms with E-state index in [-0.39, 0.29) is 5.84 Å². The molecule has 0 saturated carbocycles. The zero-order chi connectivity index (χ0) is 15.4. The average Bonchev–Trinajstić information content (AvgIpc) is 2.46. The predicted octanol–water partition coefficient (Wildman–Crippen LogP) is 4.04. The lowest BCUT2D eigenvalue weighted by Gasteiger charge is -2.30. The van der Waals surface area contributed by atoms with Crippen molar-refractivity contribution in [2.24, 2.45) is 5.73 Å². The molecule has 4 heteroatoms. The van der Waals surface area contributed by atoms with Gasteiger partial charge >= 0.3 is 0 Å². The van der Waals surface area contributed by atoms with Gasteiger partial charge in [-0.2, -0.15) is 0 Å². The number of nitrogens with one attached hydrogen (secondary N) is 1. The van der Waals surface area contributed by atoms with Gasteiger partial charge in [-0.3, -0.25) is 5.41 Å². The highest BCUT2D eigenvalue weighted by atomic mass is 35.5. The van der Waals surface area contributed by atoms with Gasteiger partial charge < -0.3 is 10.6 Å². The minimum atomic E-state index is 0.0302. The fourth-order valence-corrected chi connectivity index (χ4v) is 2.52. The van der Waals surface area contributed by atoms with Crippen LogP contribution in [0.1, 0.15) is 25.0 Å². The summed E-state index contributed by atoms with van der Waals surface area (Å²) in [6, 6.07) is 16.1. The summed E-state index contributed by atoms with van der Waals surface area (Å²) in [4.78, 5) is 2.24. The normalized spacial score (nSPS) is 10.7. The van der Waals surface area contributed by atoms with Crippen LogP contribution in [0.2, 0.25) is 5.02 Å². The summed E-state index contributed by atoms with van der Waals surface area (Å²) in [6.45, 7) is 5.06. The molecule has 0 aromatic heterocycles. The Labute approximate surface area is 130 Å². The van der Waals surface area contributed by atoms with Gasteiger partial charge in [-0.05, 0) is 37.6 Å². The molecule has 0 heterocycles. The van der Waals surface area contributed by atoms with E-state index in [1.165, 1.54) is 5.56 Å². The Kier molecular flexibility index (Phi) is 4.86. The molecule has 2 rings (SSSR count). The maximum atomic E-state index is 7.48. The van der Waals surface area contributed by atoms with Crippen molar-refractivity contribution in [1.82, 2.24) is 0 Å². The molecule has 0 aliphatic rings. The van der Waals surface area contributed by atoms with Crippen molar-refractivity contribution < 1.29 is 0 Å². The molecule has 0 bridgehead atoms. The highest BCUT2D eigenvalue weighted by molar-refractivity contribution is 6.33. The molecule has 0 fully saturated rings. The molecule has 21 heavy (non-hydrogen) atoms. The van der Waals surface area contributed by atoms with E-state index in [1.807, 2.05) is 30.3 Å². The first-order valence-corrected chi connectivity index (χ1v) is 7.31. The molecule has 110 valence electrons.